The van der Waals surface area contributed by atoms with Gasteiger partial charge in [-0.25, -0.2) is 4.39 Å². The molecule has 1 aromatic carbocycles. The summed E-state index contributed by atoms with van der Waals surface area (Å²) in [4.78, 5) is 8.78. The summed E-state index contributed by atoms with van der Waals surface area (Å²) in [6.45, 7) is 2.07. The van der Waals surface area contributed by atoms with Crippen LogP contribution in [0.15, 0.2) is 24.3 Å². The van der Waals surface area contributed by atoms with Crippen molar-refractivity contribution in [1.82, 2.24) is 0 Å². The smallest absolute Gasteiger partial charge is 0.430 e. The van der Waals surface area contributed by atoms with E-state index in [1.807, 2.05) is 6.07 Å². The van der Waals surface area contributed by atoms with Gasteiger partial charge in [0.25, 0.3) is 0 Å². The number of hydrogen-bond acceptors (Lipinski definition) is 3. The number of ether oxygens (including phenoxy) is 1. The van der Waals surface area contributed by atoms with E-state index in [2.05, 4.69) is 17.2 Å². The summed E-state index contributed by atoms with van der Waals surface area (Å²) in [5, 5.41) is 11.0. The highest BCUT2D eigenvalue weighted by atomic mass is 19.4. The molecule has 0 amide bonds. The second-order valence-corrected chi connectivity index (χ2v) is 5.11. The highest BCUT2D eigenvalue weighted by Gasteiger charge is 2.31. The molecule has 0 saturated carbocycles. The predicted molar refractivity (Wildman–Crippen MR) is 75.0 cm³/mol. The van der Waals surface area contributed by atoms with Crippen LogP contribution in [-0.2, 0) is 9.53 Å². The zero-order valence-electron chi connectivity index (χ0n) is 13.0. The van der Waals surface area contributed by atoms with Crippen LogP contribution < -0.4 is 10.4 Å². The summed E-state index contributed by atoms with van der Waals surface area (Å²) in [6, 6.07) is 6.36. The Morgan fingerprint density at radius 2 is 1.92 bits per heavy atom. The number of benzene rings is 1. The van der Waals surface area contributed by atoms with Crippen molar-refractivity contribution in [2.75, 3.05) is 20.2 Å². The van der Waals surface area contributed by atoms with Crippen LogP contribution in [0.3, 0.4) is 0 Å². The van der Waals surface area contributed by atoms with Gasteiger partial charge in [-0.2, -0.15) is 13.2 Å². The summed E-state index contributed by atoms with van der Waals surface area (Å²) in [5.41, 5.74) is 0.358. The second kappa shape index (κ2) is 8.66. The average molecular weight is 347 g/mol. The van der Waals surface area contributed by atoms with E-state index < -0.39 is 12.1 Å². The third kappa shape index (κ3) is 6.56. The molecule has 0 radical (unpaired) electrons. The monoisotopic (exact) mass is 347 g/mol. The van der Waals surface area contributed by atoms with Crippen LogP contribution in [0, 0.1) is 17.7 Å². The number of carbonyl (C=O) groups excluding carboxylic acids is 1. The Labute approximate surface area is 136 Å². The minimum Gasteiger partial charge on any atom is -0.542 e. The summed E-state index contributed by atoms with van der Waals surface area (Å²) in [5.74, 6) is 2.93. The highest BCUT2D eigenvalue weighted by Crippen LogP contribution is 2.19. The molecule has 1 aliphatic rings. The number of methoxy groups -OCH3 is 1. The molecular formula is C16H17F4NO3. The number of alkyl halides is 3. The van der Waals surface area contributed by atoms with E-state index in [-0.39, 0.29) is 11.4 Å². The van der Waals surface area contributed by atoms with Crippen molar-refractivity contribution in [1.29, 1.82) is 0 Å². The Morgan fingerprint density at radius 1 is 1.33 bits per heavy atom. The number of aliphatic carboxylic acids is 1. The Hall–Kier alpha value is -2.11. The number of carbonyl (C=O) groups is 1. The zero-order chi connectivity index (χ0) is 18.2. The molecule has 8 heteroatoms. The van der Waals surface area contributed by atoms with E-state index >= 15 is 0 Å². The number of hydrogen-bond donors (Lipinski definition) is 1. The third-order valence-electron chi connectivity index (χ3n) is 3.39. The largest absolute Gasteiger partial charge is 0.542 e. The molecule has 1 aromatic rings. The molecule has 2 N–H and O–H groups in total. The van der Waals surface area contributed by atoms with E-state index in [4.69, 9.17) is 14.6 Å². The van der Waals surface area contributed by atoms with Gasteiger partial charge in [0.2, 0.25) is 0 Å². The molecule has 0 bridgehead atoms. The topological polar surface area (TPSA) is 66.0 Å². The molecule has 1 aliphatic heterocycles. The molecule has 0 aromatic heterocycles. The van der Waals surface area contributed by atoms with Gasteiger partial charge in [-0.1, -0.05) is 17.9 Å². The molecule has 1 saturated heterocycles. The van der Waals surface area contributed by atoms with Crippen molar-refractivity contribution in [3.05, 3.63) is 35.6 Å². The first-order chi connectivity index (χ1) is 11.2. The van der Waals surface area contributed by atoms with Gasteiger partial charge >= 0.3 is 6.18 Å². The predicted octanol–water partition coefficient (Wildman–Crippen LogP) is 0.218. The van der Waals surface area contributed by atoms with Crippen LogP contribution in [0.4, 0.5) is 17.6 Å². The summed E-state index contributed by atoms with van der Waals surface area (Å²) in [7, 11) is 1.70. The van der Waals surface area contributed by atoms with E-state index in [1.54, 1.807) is 13.2 Å². The number of nitrogens with two attached hydrogens (primary N) is 1. The minimum absolute atomic E-state index is 0.250. The molecule has 0 unspecified atom stereocenters. The first kappa shape index (κ1) is 19.9. The van der Waals surface area contributed by atoms with Crippen molar-refractivity contribution in [2.45, 2.75) is 24.6 Å². The summed E-state index contributed by atoms with van der Waals surface area (Å²) >= 11 is 0. The van der Waals surface area contributed by atoms with Crippen LogP contribution in [0.25, 0.3) is 0 Å². The van der Waals surface area contributed by atoms with E-state index in [1.165, 1.54) is 12.1 Å². The van der Waals surface area contributed by atoms with Crippen LogP contribution in [0.2, 0.25) is 0 Å². The fourth-order valence-corrected chi connectivity index (χ4v) is 2.07. The van der Waals surface area contributed by atoms with Gasteiger partial charge in [-0.05, 0) is 18.2 Å². The van der Waals surface area contributed by atoms with E-state index in [0.29, 0.717) is 5.56 Å². The van der Waals surface area contributed by atoms with Crippen molar-refractivity contribution >= 4 is 5.97 Å². The van der Waals surface area contributed by atoms with Gasteiger partial charge in [0.15, 0.2) is 0 Å². The quantitative estimate of drug-likeness (QED) is 0.584. The SMILES string of the molecule is COC1(C#Cc2cccc(F)c2)CC[NH2+]CC1.O=C([O-])C(F)(F)F. The Bertz CT molecular complexity index is 614. The first-order valence-corrected chi connectivity index (χ1v) is 7.12. The van der Waals surface area contributed by atoms with Gasteiger partial charge in [-0.3, -0.25) is 0 Å². The Kier molecular flexibility index (Phi) is 7.19. The van der Waals surface area contributed by atoms with Crippen molar-refractivity contribution in [2.24, 2.45) is 0 Å². The summed E-state index contributed by atoms with van der Waals surface area (Å²) < 4.78 is 50.1. The number of rotatable bonds is 1. The van der Waals surface area contributed by atoms with E-state index in [9.17, 15) is 17.6 Å². The van der Waals surface area contributed by atoms with Gasteiger partial charge in [0, 0.05) is 25.5 Å². The summed E-state index contributed by atoms with van der Waals surface area (Å²) in [6.07, 6.45) is -3.35. The molecule has 0 aliphatic carbocycles. The van der Waals surface area contributed by atoms with Crippen LogP contribution in [0.5, 0.6) is 0 Å². The minimum atomic E-state index is -5.19. The van der Waals surface area contributed by atoms with Gasteiger partial charge in [0.1, 0.15) is 17.4 Å². The standard InChI is InChI=1S/C14H16FNO.C2HF3O2/c1-17-14(7-9-16-10-8-14)6-5-12-3-2-4-13(15)11-12;3-2(4,5)1(6)7/h2-4,11,16H,7-10H2,1H3;(H,6,7). The lowest BCUT2D eigenvalue weighted by Crippen LogP contribution is -2.87. The number of carboxylic acid groups (broad SMARTS) is 1. The normalized spacial score (nSPS) is 16.2. The molecule has 0 spiro atoms. The molecular weight excluding hydrogens is 330 g/mol. The molecule has 1 fully saturated rings. The lowest BCUT2D eigenvalue weighted by atomic mass is 9.92. The first-order valence-electron chi connectivity index (χ1n) is 7.12. The molecule has 0 atom stereocenters. The molecule has 132 valence electrons. The maximum atomic E-state index is 13.0. The van der Waals surface area contributed by atoms with Crippen molar-refractivity contribution in [3.8, 4) is 11.8 Å². The molecule has 1 heterocycles. The van der Waals surface area contributed by atoms with E-state index in [0.717, 1.165) is 25.9 Å². The molecule has 2 rings (SSSR count). The highest BCUT2D eigenvalue weighted by molar-refractivity contribution is 5.70. The number of quaternary nitrogens is 1. The Balaban J connectivity index is 0.000000351. The van der Waals surface area contributed by atoms with Gasteiger partial charge < -0.3 is 20.0 Å². The average Bonchev–Trinajstić information content (AvgIpc) is 2.54. The molecule has 24 heavy (non-hydrogen) atoms. The van der Waals surface area contributed by atoms with Crippen molar-refractivity contribution < 1.29 is 37.5 Å². The lowest BCUT2D eigenvalue weighted by molar-refractivity contribution is -0.667. The fraction of sp³-hybridized carbons (Fsp3) is 0.438. The van der Waals surface area contributed by atoms with Crippen LogP contribution in [0.1, 0.15) is 18.4 Å². The van der Waals surface area contributed by atoms with Crippen molar-refractivity contribution in [3.63, 3.8) is 0 Å². The van der Waals surface area contributed by atoms with Gasteiger partial charge in [0.05, 0.1) is 13.1 Å². The third-order valence-corrected chi connectivity index (χ3v) is 3.39. The second-order valence-electron chi connectivity index (χ2n) is 5.11. The number of carboxylic acids is 1. The van der Waals surface area contributed by atoms with Gasteiger partial charge in [-0.15, -0.1) is 0 Å². The Morgan fingerprint density at radius 3 is 2.38 bits per heavy atom. The lowest BCUT2D eigenvalue weighted by Gasteiger charge is -2.29. The zero-order valence-corrected chi connectivity index (χ0v) is 13.0. The fourth-order valence-electron chi connectivity index (χ4n) is 2.07. The number of piperidine rings is 1. The van der Waals surface area contributed by atoms with Crippen LogP contribution >= 0.6 is 0 Å². The van der Waals surface area contributed by atoms with Crippen LogP contribution in [-0.4, -0.2) is 37.9 Å². The maximum Gasteiger partial charge on any atom is 0.430 e. The maximum absolute atomic E-state index is 13.0. The molecule has 4 nitrogen and oxygen atoms in total. The number of halogens is 4.